The van der Waals surface area contributed by atoms with Crippen molar-refractivity contribution in [3.63, 3.8) is 0 Å². The van der Waals surface area contributed by atoms with Gasteiger partial charge in [-0.05, 0) is 67.9 Å². The van der Waals surface area contributed by atoms with Crippen LogP contribution >= 0.6 is 0 Å². The van der Waals surface area contributed by atoms with Crippen LogP contribution in [0.25, 0.3) is 22.2 Å². The van der Waals surface area contributed by atoms with E-state index in [1.165, 1.54) is 0 Å². The number of pyridine rings is 1. The van der Waals surface area contributed by atoms with E-state index in [1.807, 2.05) is 100 Å². The van der Waals surface area contributed by atoms with E-state index in [2.05, 4.69) is 15.8 Å². The second kappa shape index (κ2) is 11.3. The number of nitrogens with zero attached hydrogens (tertiary/aromatic N) is 2. The Morgan fingerprint density at radius 3 is 2.39 bits per heavy atom. The van der Waals surface area contributed by atoms with Gasteiger partial charge in [0.1, 0.15) is 5.75 Å². The van der Waals surface area contributed by atoms with Crippen LogP contribution in [0.3, 0.4) is 0 Å². The molecule has 0 spiro atoms. The highest BCUT2D eigenvalue weighted by Gasteiger charge is 2.21. The van der Waals surface area contributed by atoms with Crippen LogP contribution in [0.15, 0.2) is 84.0 Å². The van der Waals surface area contributed by atoms with Gasteiger partial charge in [-0.1, -0.05) is 51.1 Å². The van der Waals surface area contributed by atoms with Gasteiger partial charge in [0.05, 0.1) is 29.1 Å². The Kier molecular flexibility index (Phi) is 7.86. The fourth-order valence-corrected chi connectivity index (χ4v) is 3.80. The molecule has 0 atom stereocenters. The average Bonchev–Trinajstić information content (AvgIpc) is 2.91. The van der Waals surface area contributed by atoms with Gasteiger partial charge in [-0.3, -0.25) is 9.59 Å². The van der Waals surface area contributed by atoms with Gasteiger partial charge in [0.2, 0.25) is 5.91 Å². The number of amides is 2. The van der Waals surface area contributed by atoms with E-state index in [4.69, 9.17) is 9.72 Å². The third kappa shape index (κ3) is 6.24. The van der Waals surface area contributed by atoms with Gasteiger partial charge in [0, 0.05) is 22.1 Å². The van der Waals surface area contributed by atoms with Gasteiger partial charge in [0.25, 0.3) is 5.91 Å². The van der Waals surface area contributed by atoms with Crippen molar-refractivity contribution in [2.75, 3.05) is 11.9 Å². The van der Waals surface area contributed by atoms with Crippen molar-refractivity contribution in [3.05, 3.63) is 90.0 Å². The number of rotatable bonds is 7. The normalized spacial score (nSPS) is 11.8. The van der Waals surface area contributed by atoms with Gasteiger partial charge >= 0.3 is 0 Å². The van der Waals surface area contributed by atoms with Crippen LogP contribution in [0.4, 0.5) is 5.69 Å². The molecule has 38 heavy (non-hydrogen) atoms. The maximum absolute atomic E-state index is 13.3. The van der Waals surface area contributed by atoms with E-state index < -0.39 is 5.41 Å². The number of hydrazone groups is 1. The van der Waals surface area contributed by atoms with E-state index in [1.54, 1.807) is 13.0 Å². The zero-order chi connectivity index (χ0) is 27.3. The molecule has 0 bridgehead atoms. The summed E-state index contributed by atoms with van der Waals surface area (Å²) in [6.07, 6.45) is 0. The summed E-state index contributed by atoms with van der Waals surface area (Å²) in [5.74, 6) is 0.361. The SMILES string of the molecule is CCOc1ccc(-c2cc(C(=O)NN=C(C)c3cccc(NC(=O)C(C)(C)C)c3)c3ccccc3n2)cc1. The third-order valence-electron chi connectivity index (χ3n) is 5.97. The Hall–Kier alpha value is -4.52. The van der Waals surface area contributed by atoms with Crippen molar-refractivity contribution >= 4 is 34.1 Å². The van der Waals surface area contributed by atoms with Gasteiger partial charge in [-0.2, -0.15) is 5.10 Å². The summed E-state index contributed by atoms with van der Waals surface area (Å²) in [7, 11) is 0. The largest absolute Gasteiger partial charge is 0.494 e. The molecule has 7 heteroatoms. The quantitative estimate of drug-likeness (QED) is 0.222. The molecule has 0 fully saturated rings. The number of para-hydroxylation sites is 1. The average molecular weight is 509 g/mol. The lowest BCUT2D eigenvalue weighted by Crippen LogP contribution is -2.27. The maximum atomic E-state index is 13.3. The number of anilines is 1. The van der Waals surface area contributed by atoms with Crippen molar-refractivity contribution < 1.29 is 14.3 Å². The van der Waals surface area contributed by atoms with Crippen LogP contribution < -0.4 is 15.5 Å². The molecular formula is C31H32N4O3. The van der Waals surface area contributed by atoms with Crippen LogP contribution in [0.2, 0.25) is 0 Å². The highest BCUT2D eigenvalue weighted by Crippen LogP contribution is 2.26. The maximum Gasteiger partial charge on any atom is 0.272 e. The smallest absolute Gasteiger partial charge is 0.272 e. The van der Waals surface area contributed by atoms with Gasteiger partial charge in [0.15, 0.2) is 0 Å². The molecule has 0 unspecified atom stereocenters. The van der Waals surface area contributed by atoms with E-state index in [9.17, 15) is 9.59 Å². The van der Waals surface area contributed by atoms with E-state index in [0.29, 0.717) is 34.8 Å². The van der Waals surface area contributed by atoms with Crippen molar-refractivity contribution in [2.24, 2.45) is 10.5 Å². The molecule has 0 aliphatic heterocycles. The van der Waals surface area contributed by atoms with E-state index in [-0.39, 0.29) is 11.8 Å². The number of hydrogen-bond donors (Lipinski definition) is 2. The molecule has 0 saturated heterocycles. The number of ether oxygens (including phenoxy) is 1. The van der Waals surface area contributed by atoms with Crippen LogP contribution in [0.1, 0.15) is 50.5 Å². The minimum Gasteiger partial charge on any atom is -0.494 e. The molecule has 0 aliphatic carbocycles. The minimum absolute atomic E-state index is 0.0783. The number of carbonyl (C=O) groups is 2. The summed E-state index contributed by atoms with van der Waals surface area (Å²) in [5, 5.41) is 8.01. The number of nitrogens with one attached hydrogen (secondary N) is 2. The molecule has 2 amide bonds. The monoisotopic (exact) mass is 508 g/mol. The molecule has 1 heterocycles. The summed E-state index contributed by atoms with van der Waals surface area (Å²) in [4.78, 5) is 30.4. The number of benzene rings is 3. The van der Waals surface area contributed by atoms with Crippen LogP contribution in [-0.2, 0) is 4.79 Å². The first-order valence-corrected chi connectivity index (χ1v) is 12.6. The summed E-state index contributed by atoms with van der Waals surface area (Å²) in [6.45, 7) is 9.92. The number of fused-ring (bicyclic) bond motifs is 1. The summed E-state index contributed by atoms with van der Waals surface area (Å²) < 4.78 is 5.54. The van der Waals surface area contributed by atoms with E-state index >= 15 is 0 Å². The van der Waals surface area contributed by atoms with E-state index in [0.717, 1.165) is 22.3 Å². The molecule has 1 aromatic heterocycles. The van der Waals surface area contributed by atoms with Crippen LogP contribution in [0.5, 0.6) is 5.75 Å². The van der Waals surface area contributed by atoms with Gasteiger partial charge in [-0.15, -0.1) is 0 Å². The Bertz CT molecular complexity index is 1500. The predicted octanol–water partition coefficient (Wildman–Crippen LogP) is 6.44. The van der Waals surface area contributed by atoms with Crippen LogP contribution in [-0.4, -0.2) is 29.1 Å². The molecule has 7 nitrogen and oxygen atoms in total. The molecule has 4 rings (SSSR count). The molecule has 4 aromatic rings. The Labute approximate surface area is 222 Å². The fourth-order valence-electron chi connectivity index (χ4n) is 3.80. The molecule has 0 saturated carbocycles. The fraction of sp³-hybridized carbons (Fsp3) is 0.226. The van der Waals surface area contributed by atoms with Gasteiger partial charge in [-0.25, -0.2) is 10.4 Å². The van der Waals surface area contributed by atoms with Crippen molar-refractivity contribution in [1.82, 2.24) is 10.4 Å². The Balaban J connectivity index is 1.59. The topological polar surface area (TPSA) is 92.7 Å². The lowest BCUT2D eigenvalue weighted by atomic mass is 9.95. The molecule has 2 N–H and O–H groups in total. The number of hydrogen-bond acceptors (Lipinski definition) is 5. The Morgan fingerprint density at radius 2 is 1.68 bits per heavy atom. The first kappa shape index (κ1) is 26.5. The highest BCUT2D eigenvalue weighted by molar-refractivity contribution is 6.08. The predicted molar refractivity (Wildman–Crippen MR) is 153 cm³/mol. The zero-order valence-corrected chi connectivity index (χ0v) is 22.3. The second-order valence-electron chi connectivity index (χ2n) is 9.95. The lowest BCUT2D eigenvalue weighted by molar-refractivity contribution is -0.123. The molecule has 0 radical (unpaired) electrons. The van der Waals surface area contributed by atoms with Crippen molar-refractivity contribution in [2.45, 2.75) is 34.6 Å². The zero-order valence-electron chi connectivity index (χ0n) is 22.3. The summed E-state index contributed by atoms with van der Waals surface area (Å²) >= 11 is 0. The number of carbonyl (C=O) groups excluding carboxylic acids is 2. The third-order valence-corrected chi connectivity index (χ3v) is 5.97. The molecular weight excluding hydrogens is 476 g/mol. The summed E-state index contributed by atoms with van der Waals surface area (Å²) in [5.41, 5.74) is 6.99. The first-order valence-electron chi connectivity index (χ1n) is 12.6. The van der Waals surface area contributed by atoms with Crippen molar-refractivity contribution in [1.29, 1.82) is 0 Å². The molecule has 194 valence electrons. The summed E-state index contributed by atoms with van der Waals surface area (Å²) in [6, 6.07) is 24.3. The standard InChI is InChI=1S/C31H32N4O3/c1-6-38-24-16-14-21(15-17-24)28-19-26(25-12-7-8-13-27(25)33-28)29(36)35-34-20(2)22-10-9-11-23(18-22)32-30(37)31(3,4)5/h7-19H,6H2,1-5H3,(H,32,37)(H,35,36). The van der Waals surface area contributed by atoms with Crippen LogP contribution in [0, 0.1) is 5.41 Å². The lowest BCUT2D eigenvalue weighted by Gasteiger charge is -2.18. The van der Waals surface area contributed by atoms with Crippen molar-refractivity contribution in [3.8, 4) is 17.0 Å². The second-order valence-corrected chi connectivity index (χ2v) is 9.95. The molecule has 3 aromatic carbocycles. The number of aromatic nitrogens is 1. The molecule has 0 aliphatic rings. The Morgan fingerprint density at radius 1 is 0.947 bits per heavy atom. The highest BCUT2D eigenvalue weighted by atomic mass is 16.5. The first-order chi connectivity index (χ1) is 18.2. The minimum atomic E-state index is -0.509. The van der Waals surface area contributed by atoms with Gasteiger partial charge < -0.3 is 10.1 Å².